The number of carbonyl (C=O) groups excluding carboxylic acids is 1. The van der Waals surface area contributed by atoms with E-state index in [1.165, 1.54) is 0 Å². The molecule has 0 aromatic heterocycles. The Hall–Kier alpha value is -1.76. The minimum absolute atomic E-state index is 0. The van der Waals surface area contributed by atoms with E-state index in [0.717, 1.165) is 31.5 Å². The van der Waals surface area contributed by atoms with Gasteiger partial charge in [-0.05, 0) is 38.1 Å². The number of amides is 1. The van der Waals surface area contributed by atoms with E-state index in [4.69, 9.17) is 14.2 Å². The average molecular weight is 383 g/mol. The van der Waals surface area contributed by atoms with Crippen molar-refractivity contribution in [2.75, 3.05) is 47.1 Å². The fourth-order valence-electron chi connectivity index (χ4n) is 3.49. The van der Waals surface area contributed by atoms with Crippen LogP contribution in [-0.2, 0) is 9.53 Å². The molecule has 1 saturated heterocycles. The quantitative estimate of drug-likeness (QED) is 0.787. The molecule has 0 radical (unpaired) electrons. The Morgan fingerprint density at radius 1 is 1.31 bits per heavy atom. The number of rotatable bonds is 6. The van der Waals surface area contributed by atoms with Crippen molar-refractivity contribution in [2.45, 2.75) is 12.8 Å². The van der Waals surface area contributed by atoms with Gasteiger partial charge in [-0.2, -0.15) is 0 Å². The third-order valence-electron chi connectivity index (χ3n) is 4.96. The molecule has 0 unspecified atom stereocenters. The van der Waals surface area contributed by atoms with Gasteiger partial charge in [-0.25, -0.2) is 0 Å². The summed E-state index contributed by atoms with van der Waals surface area (Å²) >= 11 is 0. The molecule has 0 bridgehead atoms. The minimum Gasteiger partial charge on any atom is -0.493 e. The van der Waals surface area contributed by atoms with Crippen molar-refractivity contribution < 1.29 is 19.0 Å². The monoisotopic (exact) mass is 382 g/mol. The Balaban J connectivity index is 0.00000243. The van der Waals surface area contributed by atoms with Crippen molar-refractivity contribution in [2.24, 2.45) is 5.41 Å². The number of benzene rings is 1. The van der Waals surface area contributed by atoms with Crippen LogP contribution in [0.2, 0.25) is 0 Å². The lowest BCUT2D eigenvalue weighted by Crippen LogP contribution is -2.47. The number of fused-ring (bicyclic) bond motifs is 1. The Morgan fingerprint density at radius 2 is 2.08 bits per heavy atom. The second-order valence-corrected chi connectivity index (χ2v) is 6.70. The molecule has 0 aliphatic carbocycles. The highest BCUT2D eigenvalue weighted by Crippen LogP contribution is 2.35. The van der Waals surface area contributed by atoms with E-state index in [1.54, 1.807) is 14.2 Å². The SMILES string of the molecule is COCC1(CNC(=O)C2=Cc3cccc(OC)c3OC2)CCNCC1.Cl. The number of methoxy groups -OCH3 is 2. The first kappa shape index (κ1) is 20.6. The molecular weight excluding hydrogens is 356 g/mol. The second kappa shape index (κ2) is 9.26. The summed E-state index contributed by atoms with van der Waals surface area (Å²) in [5.41, 5.74) is 1.50. The number of para-hydroxylation sites is 1. The Kier molecular flexibility index (Phi) is 7.32. The van der Waals surface area contributed by atoms with E-state index in [0.29, 0.717) is 30.2 Å². The van der Waals surface area contributed by atoms with Crippen LogP contribution in [0.25, 0.3) is 6.08 Å². The summed E-state index contributed by atoms with van der Waals surface area (Å²) in [6, 6.07) is 5.66. The second-order valence-electron chi connectivity index (χ2n) is 6.70. The Bertz CT molecular complexity index is 651. The minimum atomic E-state index is -0.0810. The summed E-state index contributed by atoms with van der Waals surface area (Å²) in [6.07, 6.45) is 3.87. The highest BCUT2D eigenvalue weighted by molar-refractivity contribution is 5.99. The van der Waals surface area contributed by atoms with Gasteiger partial charge in [-0.1, -0.05) is 12.1 Å². The molecule has 6 nitrogen and oxygen atoms in total. The largest absolute Gasteiger partial charge is 0.493 e. The number of piperidine rings is 1. The molecule has 0 atom stereocenters. The van der Waals surface area contributed by atoms with Gasteiger partial charge in [0, 0.05) is 24.6 Å². The van der Waals surface area contributed by atoms with Crippen LogP contribution in [-0.4, -0.2) is 53.0 Å². The van der Waals surface area contributed by atoms with Crippen molar-refractivity contribution in [1.29, 1.82) is 0 Å². The van der Waals surface area contributed by atoms with Crippen molar-refractivity contribution in [3.05, 3.63) is 29.3 Å². The summed E-state index contributed by atoms with van der Waals surface area (Å²) in [5.74, 6) is 1.29. The standard InChI is InChI=1S/C19H26N2O4.ClH/c1-23-13-19(6-8-20-9-7-19)12-21-18(22)15-10-14-4-3-5-16(24-2)17(14)25-11-15;/h3-5,10,20H,6-9,11-13H2,1-2H3,(H,21,22);1H. The van der Waals surface area contributed by atoms with Gasteiger partial charge >= 0.3 is 0 Å². The molecule has 3 rings (SSSR count). The maximum atomic E-state index is 12.6. The fourth-order valence-corrected chi connectivity index (χ4v) is 3.49. The van der Waals surface area contributed by atoms with Crippen LogP contribution in [0.15, 0.2) is 23.8 Å². The third-order valence-corrected chi connectivity index (χ3v) is 4.96. The molecule has 2 heterocycles. The number of carbonyl (C=O) groups is 1. The van der Waals surface area contributed by atoms with Gasteiger partial charge in [0.1, 0.15) is 6.61 Å². The molecule has 0 spiro atoms. The van der Waals surface area contributed by atoms with E-state index in [2.05, 4.69) is 10.6 Å². The zero-order valence-corrected chi connectivity index (χ0v) is 16.1. The summed E-state index contributed by atoms with van der Waals surface area (Å²) < 4.78 is 16.5. The van der Waals surface area contributed by atoms with Gasteiger partial charge in [0.25, 0.3) is 5.91 Å². The normalized spacial score (nSPS) is 17.8. The smallest absolute Gasteiger partial charge is 0.250 e. The van der Waals surface area contributed by atoms with Crippen LogP contribution in [0.3, 0.4) is 0 Å². The van der Waals surface area contributed by atoms with Gasteiger partial charge in [-0.3, -0.25) is 4.79 Å². The number of hydrogen-bond donors (Lipinski definition) is 2. The lowest BCUT2D eigenvalue weighted by molar-refractivity contribution is -0.118. The molecule has 1 fully saturated rings. The Labute approximate surface area is 160 Å². The number of ether oxygens (including phenoxy) is 3. The molecule has 2 aliphatic heterocycles. The molecule has 1 aromatic carbocycles. The van der Waals surface area contributed by atoms with E-state index in [9.17, 15) is 4.79 Å². The van der Waals surface area contributed by atoms with E-state index < -0.39 is 0 Å². The van der Waals surface area contributed by atoms with Gasteiger partial charge in [0.2, 0.25) is 0 Å². The van der Waals surface area contributed by atoms with Crippen LogP contribution >= 0.6 is 12.4 Å². The first-order valence-corrected chi connectivity index (χ1v) is 8.66. The Morgan fingerprint density at radius 3 is 2.77 bits per heavy atom. The molecule has 26 heavy (non-hydrogen) atoms. The molecule has 2 aliphatic rings. The van der Waals surface area contributed by atoms with Gasteiger partial charge < -0.3 is 24.8 Å². The summed E-state index contributed by atoms with van der Waals surface area (Å²) in [5, 5.41) is 6.44. The third kappa shape index (κ3) is 4.50. The molecule has 0 saturated carbocycles. The van der Waals surface area contributed by atoms with Crippen molar-refractivity contribution in [3.8, 4) is 11.5 Å². The van der Waals surface area contributed by atoms with Crippen LogP contribution in [0.5, 0.6) is 11.5 Å². The molecule has 7 heteroatoms. The zero-order chi connectivity index (χ0) is 17.7. The summed E-state index contributed by atoms with van der Waals surface area (Å²) in [4.78, 5) is 12.6. The lowest BCUT2D eigenvalue weighted by atomic mass is 9.79. The highest BCUT2D eigenvalue weighted by atomic mass is 35.5. The van der Waals surface area contributed by atoms with Crippen molar-refractivity contribution in [3.63, 3.8) is 0 Å². The predicted octanol–water partition coefficient (Wildman–Crippen LogP) is 2.03. The average Bonchev–Trinajstić information content (AvgIpc) is 2.66. The molecule has 144 valence electrons. The van der Waals surface area contributed by atoms with Gasteiger partial charge in [-0.15, -0.1) is 12.4 Å². The molecule has 1 aromatic rings. The number of hydrogen-bond acceptors (Lipinski definition) is 5. The van der Waals surface area contributed by atoms with Crippen LogP contribution in [0.4, 0.5) is 0 Å². The van der Waals surface area contributed by atoms with E-state index in [-0.39, 0.29) is 30.3 Å². The maximum absolute atomic E-state index is 12.6. The fraction of sp³-hybridized carbons (Fsp3) is 0.526. The van der Waals surface area contributed by atoms with Crippen molar-refractivity contribution >= 4 is 24.4 Å². The molecule has 1 amide bonds. The lowest BCUT2D eigenvalue weighted by Gasteiger charge is -2.37. The van der Waals surface area contributed by atoms with Crippen LogP contribution < -0.4 is 20.1 Å². The number of nitrogens with one attached hydrogen (secondary N) is 2. The first-order chi connectivity index (χ1) is 12.2. The van der Waals surface area contributed by atoms with E-state index >= 15 is 0 Å². The highest BCUT2D eigenvalue weighted by Gasteiger charge is 2.33. The van der Waals surface area contributed by atoms with Gasteiger partial charge in [0.05, 0.1) is 19.3 Å². The van der Waals surface area contributed by atoms with Crippen molar-refractivity contribution in [1.82, 2.24) is 10.6 Å². The topological polar surface area (TPSA) is 68.8 Å². The predicted molar refractivity (Wildman–Crippen MR) is 103 cm³/mol. The maximum Gasteiger partial charge on any atom is 0.250 e. The molecular formula is C19H27ClN2O4. The van der Waals surface area contributed by atoms with Crippen LogP contribution in [0.1, 0.15) is 18.4 Å². The summed E-state index contributed by atoms with van der Waals surface area (Å²) in [7, 11) is 3.33. The van der Waals surface area contributed by atoms with Crippen LogP contribution in [0, 0.1) is 5.41 Å². The zero-order valence-electron chi connectivity index (χ0n) is 15.3. The number of halogens is 1. The first-order valence-electron chi connectivity index (χ1n) is 8.66. The molecule has 2 N–H and O–H groups in total. The van der Waals surface area contributed by atoms with E-state index in [1.807, 2.05) is 24.3 Å². The van der Waals surface area contributed by atoms with Gasteiger partial charge in [0.15, 0.2) is 11.5 Å². The summed E-state index contributed by atoms with van der Waals surface area (Å²) in [6.45, 7) is 3.43.